The largest absolute Gasteiger partial charge is 0.359 e. The molecule has 0 aromatic heterocycles. The maximum absolute atomic E-state index is 12.3. The Balaban J connectivity index is 2.11. The molecule has 1 N–H and O–H groups in total. The van der Waals surface area contributed by atoms with Crippen LogP contribution < -0.4 is 10.2 Å². The second-order valence-electron chi connectivity index (χ2n) is 6.43. The van der Waals surface area contributed by atoms with Gasteiger partial charge in [-0.15, -0.1) is 0 Å². The second kappa shape index (κ2) is 5.86. The molecular formula is C17H26N2O. The van der Waals surface area contributed by atoms with Crippen molar-refractivity contribution in [1.82, 2.24) is 5.32 Å². The maximum atomic E-state index is 12.3. The molecule has 0 radical (unpaired) electrons. The summed E-state index contributed by atoms with van der Waals surface area (Å²) >= 11 is 0. The first-order chi connectivity index (χ1) is 9.43. The number of rotatable bonds is 4. The SMILES string of the molecule is CCC(C)(C)NC(=O)CN1c2ccccc2CCC1C. The number of para-hydroxylation sites is 1. The Morgan fingerprint density at radius 1 is 1.40 bits per heavy atom. The molecule has 3 nitrogen and oxygen atoms in total. The van der Waals surface area contributed by atoms with E-state index in [-0.39, 0.29) is 11.4 Å². The van der Waals surface area contributed by atoms with E-state index in [4.69, 9.17) is 0 Å². The van der Waals surface area contributed by atoms with Gasteiger partial charge in [0.05, 0.1) is 6.54 Å². The molecule has 1 amide bonds. The molecule has 0 fully saturated rings. The highest BCUT2D eigenvalue weighted by atomic mass is 16.2. The summed E-state index contributed by atoms with van der Waals surface area (Å²) in [7, 11) is 0. The van der Waals surface area contributed by atoms with E-state index in [1.807, 2.05) is 0 Å². The minimum atomic E-state index is -0.129. The molecular weight excluding hydrogens is 248 g/mol. The summed E-state index contributed by atoms with van der Waals surface area (Å²) in [5.74, 6) is 0.111. The van der Waals surface area contributed by atoms with Crippen LogP contribution in [0.2, 0.25) is 0 Å². The molecule has 3 heteroatoms. The van der Waals surface area contributed by atoms with Crippen LogP contribution in [0.3, 0.4) is 0 Å². The molecule has 1 atom stereocenters. The molecule has 0 saturated carbocycles. The fraction of sp³-hybridized carbons (Fsp3) is 0.588. The summed E-state index contributed by atoms with van der Waals surface area (Å²) in [4.78, 5) is 14.5. The summed E-state index contributed by atoms with van der Waals surface area (Å²) in [6.07, 6.45) is 3.16. The lowest BCUT2D eigenvalue weighted by atomic mass is 9.96. The Hall–Kier alpha value is -1.51. The van der Waals surface area contributed by atoms with Gasteiger partial charge in [0.1, 0.15) is 0 Å². The number of anilines is 1. The van der Waals surface area contributed by atoms with Crippen molar-refractivity contribution in [3.63, 3.8) is 0 Å². The van der Waals surface area contributed by atoms with Gasteiger partial charge in [0.2, 0.25) is 5.91 Å². The van der Waals surface area contributed by atoms with Crippen molar-refractivity contribution in [2.45, 2.75) is 58.5 Å². The Morgan fingerprint density at radius 2 is 2.10 bits per heavy atom. The van der Waals surface area contributed by atoms with Gasteiger partial charge in [-0.2, -0.15) is 0 Å². The molecule has 1 aromatic carbocycles. The first kappa shape index (κ1) is 14.9. The molecule has 1 heterocycles. The number of nitrogens with zero attached hydrogens (tertiary/aromatic N) is 1. The van der Waals surface area contributed by atoms with E-state index in [0.717, 1.165) is 19.3 Å². The van der Waals surface area contributed by atoms with E-state index < -0.39 is 0 Å². The van der Waals surface area contributed by atoms with Gasteiger partial charge in [0.25, 0.3) is 0 Å². The van der Waals surface area contributed by atoms with Gasteiger partial charge in [-0.3, -0.25) is 4.79 Å². The Kier molecular flexibility index (Phi) is 4.36. The summed E-state index contributed by atoms with van der Waals surface area (Å²) in [6, 6.07) is 8.84. The number of carbonyl (C=O) groups excluding carboxylic acids is 1. The normalized spacial score (nSPS) is 18.6. The topological polar surface area (TPSA) is 32.3 Å². The fourth-order valence-corrected chi connectivity index (χ4v) is 2.66. The van der Waals surface area contributed by atoms with Gasteiger partial charge in [0, 0.05) is 17.3 Å². The van der Waals surface area contributed by atoms with E-state index in [0.29, 0.717) is 12.6 Å². The van der Waals surface area contributed by atoms with Gasteiger partial charge in [-0.1, -0.05) is 25.1 Å². The zero-order valence-corrected chi connectivity index (χ0v) is 13.1. The number of aryl methyl sites for hydroxylation is 1. The molecule has 1 aliphatic rings. The Labute approximate surface area is 122 Å². The molecule has 2 rings (SSSR count). The first-order valence-electron chi connectivity index (χ1n) is 7.58. The lowest BCUT2D eigenvalue weighted by Crippen LogP contribution is -2.50. The zero-order chi connectivity index (χ0) is 14.8. The monoisotopic (exact) mass is 274 g/mol. The van der Waals surface area contributed by atoms with E-state index in [2.05, 4.69) is 62.2 Å². The van der Waals surface area contributed by atoms with Crippen molar-refractivity contribution < 1.29 is 4.79 Å². The summed E-state index contributed by atoms with van der Waals surface area (Å²) in [6.45, 7) is 8.88. The van der Waals surface area contributed by atoms with E-state index >= 15 is 0 Å². The van der Waals surface area contributed by atoms with Gasteiger partial charge in [-0.05, 0) is 51.7 Å². The van der Waals surface area contributed by atoms with Crippen LogP contribution in [0.4, 0.5) is 5.69 Å². The smallest absolute Gasteiger partial charge is 0.239 e. The third-order valence-corrected chi connectivity index (χ3v) is 4.34. The van der Waals surface area contributed by atoms with E-state index in [1.165, 1.54) is 11.3 Å². The predicted molar refractivity (Wildman–Crippen MR) is 84.1 cm³/mol. The van der Waals surface area contributed by atoms with Crippen LogP contribution in [-0.2, 0) is 11.2 Å². The van der Waals surface area contributed by atoms with Crippen molar-refractivity contribution >= 4 is 11.6 Å². The third-order valence-electron chi connectivity index (χ3n) is 4.34. The number of hydrogen-bond acceptors (Lipinski definition) is 2. The average Bonchev–Trinajstić information content (AvgIpc) is 2.41. The molecule has 0 aliphatic carbocycles. The first-order valence-corrected chi connectivity index (χ1v) is 7.58. The van der Waals surface area contributed by atoms with Crippen LogP contribution in [0.25, 0.3) is 0 Å². The zero-order valence-electron chi connectivity index (χ0n) is 13.1. The van der Waals surface area contributed by atoms with Crippen molar-refractivity contribution in [2.24, 2.45) is 0 Å². The highest BCUT2D eigenvalue weighted by Gasteiger charge is 2.26. The molecule has 0 bridgehead atoms. The Bertz CT molecular complexity index is 482. The highest BCUT2D eigenvalue weighted by Crippen LogP contribution is 2.30. The van der Waals surface area contributed by atoms with Gasteiger partial charge in [-0.25, -0.2) is 0 Å². The molecule has 1 aromatic rings. The van der Waals surface area contributed by atoms with Crippen molar-refractivity contribution in [3.05, 3.63) is 29.8 Å². The van der Waals surface area contributed by atoms with Crippen LogP contribution in [-0.4, -0.2) is 24.0 Å². The number of amides is 1. The molecule has 1 aliphatic heterocycles. The summed E-state index contributed by atoms with van der Waals surface area (Å²) in [5, 5.41) is 3.12. The molecule has 110 valence electrons. The number of nitrogens with one attached hydrogen (secondary N) is 1. The molecule has 1 unspecified atom stereocenters. The minimum Gasteiger partial charge on any atom is -0.359 e. The van der Waals surface area contributed by atoms with Crippen molar-refractivity contribution in [3.8, 4) is 0 Å². The van der Waals surface area contributed by atoms with Crippen LogP contribution >= 0.6 is 0 Å². The second-order valence-corrected chi connectivity index (χ2v) is 6.43. The van der Waals surface area contributed by atoms with E-state index in [1.54, 1.807) is 0 Å². The molecule has 20 heavy (non-hydrogen) atoms. The highest BCUT2D eigenvalue weighted by molar-refractivity contribution is 5.82. The maximum Gasteiger partial charge on any atom is 0.239 e. The number of carbonyl (C=O) groups is 1. The van der Waals surface area contributed by atoms with Gasteiger partial charge >= 0.3 is 0 Å². The van der Waals surface area contributed by atoms with E-state index in [9.17, 15) is 4.79 Å². The fourth-order valence-electron chi connectivity index (χ4n) is 2.66. The van der Waals surface area contributed by atoms with Gasteiger partial charge in [0.15, 0.2) is 0 Å². The average molecular weight is 274 g/mol. The van der Waals surface area contributed by atoms with Crippen LogP contribution in [0.1, 0.15) is 46.1 Å². The third kappa shape index (κ3) is 3.33. The standard InChI is InChI=1S/C17H26N2O/c1-5-17(3,4)18-16(20)12-19-13(2)10-11-14-8-6-7-9-15(14)19/h6-9,13H,5,10-12H2,1-4H3,(H,18,20). The van der Waals surface area contributed by atoms with Crippen molar-refractivity contribution in [1.29, 1.82) is 0 Å². The van der Waals surface area contributed by atoms with Crippen molar-refractivity contribution in [2.75, 3.05) is 11.4 Å². The van der Waals surface area contributed by atoms with Crippen LogP contribution in [0, 0.1) is 0 Å². The van der Waals surface area contributed by atoms with Crippen LogP contribution in [0.5, 0.6) is 0 Å². The predicted octanol–water partition coefficient (Wildman–Crippen LogP) is 3.13. The number of benzene rings is 1. The minimum absolute atomic E-state index is 0.111. The molecule has 0 saturated heterocycles. The Morgan fingerprint density at radius 3 is 2.80 bits per heavy atom. The lowest BCUT2D eigenvalue weighted by molar-refractivity contribution is -0.121. The number of fused-ring (bicyclic) bond motifs is 1. The summed E-state index contributed by atoms with van der Waals surface area (Å²) < 4.78 is 0. The van der Waals surface area contributed by atoms with Crippen LogP contribution in [0.15, 0.2) is 24.3 Å². The summed E-state index contributed by atoms with van der Waals surface area (Å²) in [5.41, 5.74) is 2.44. The lowest BCUT2D eigenvalue weighted by Gasteiger charge is -2.37. The van der Waals surface area contributed by atoms with Gasteiger partial charge < -0.3 is 10.2 Å². The quantitative estimate of drug-likeness (QED) is 0.915. The number of hydrogen-bond donors (Lipinski definition) is 1. The molecule has 0 spiro atoms.